The lowest BCUT2D eigenvalue weighted by Crippen LogP contribution is -2.10. The van der Waals surface area contributed by atoms with Crippen LogP contribution in [0.5, 0.6) is 0 Å². The number of aromatic nitrogens is 3. The predicted octanol–water partition coefficient (Wildman–Crippen LogP) is 3.36. The highest BCUT2D eigenvalue weighted by Crippen LogP contribution is 2.28. The minimum atomic E-state index is 0.461. The van der Waals surface area contributed by atoms with E-state index in [0.29, 0.717) is 5.88 Å². The number of pyridine rings is 1. The highest BCUT2D eigenvalue weighted by atomic mass is 35.5. The Kier molecular flexibility index (Phi) is 3.02. The summed E-state index contributed by atoms with van der Waals surface area (Å²) in [5, 5.41) is 0. The lowest BCUT2D eigenvalue weighted by molar-refractivity contribution is 0.456. The molecule has 0 atom stereocenters. The Balaban J connectivity index is 1.99. The Bertz CT molecular complexity index is 514. The third-order valence-electron chi connectivity index (χ3n) is 3.62. The third-order valence-corrected chi connectivity index (χ3v) is 3.86. The van der Waals surface area contributed by atoms with Gasteiger partial charge in [-0.1, -0.05) is 12.8 Å². The number of imidazole rings is 1. The van der Waals surface area contributed by atoms with E-state index < -0.39 is 0 Å². The summed E-state index contributed by atoms with van der Waals surface area (Å²) >= 11 is 5.98. The van der Waals surface area contributed by atoms with Crippen molar-refractivity contribution in [2.45, 2.75) is 38.1 Å². The van der Waals surface area contributed by atoms with Gasteiger partial charge in [0.1, 0.15) is 11.3 Å². The van der Waals surface area contributed by atoms with Gasteiger partial charge in [-0.25, -0.2) is 9.97 Å². The van der Waals surface area contributed by atoms with E-state index in [1.807, 2.05) is 18.3 Å². The summed E-state index contributed by atoms with van der Waals surface area (Å²) < 4.78 is 2.21. The van der Waals surface area contributed by atoms with Gasteiger partial charge in [0.2, 0.25) is 0 Å². The highest BCUT2D eigenvalue weighted by molar-refractivity contribution is 6.16. The normalized spacial score (nSPS) is 17.0. The quantitative estimate of drug-likeness (QED) is 0.781. The highest BCUT2D eigenvalue weighted by Gasteiger charge is 2.19. The molecule has 2 aromatic rings. The van der Waals surface area contributed by atoms with Gasteiger partial charge in [0.25, 0.3) is 0 Å². The number of hydrogen-bond donors (Lipinski definition) is 0. The number of fused-ring (bicyclic) bond motifs is 1. The zero-order chi connectivity index (χ0) is 11.7. The van der Waals surface area contributed by atoms with Gasteiger partial charge in [0.15, 0.2) is 5.65 Å². The van der Waals surface area contributed by atoms with Gasteiger partial charge in [-0.05, 0) is 30.9 Å². The Labute approximate surface area is 106 Å². The molecule has 0 spiro atoms. The third kappa shape index (κ3) is 2.04. The maximum absolute atomic E-state index is 5.98. The molecular weight excluding hydrogens is 234 g/mol. The van der Waals surface area contributed by atoms with Gasteiger partial charge in [0, 0.05) is 12.7 Å². The summed E-state index contributed by atoms with van der Waals surface area (Å²) in [6, 6.07) is 3.93. The smallest absolute Gasteiger partial charge is 0.160 e. The van der Waals surface area contributed by atoms with Crippen LogP contribution in [0.25, 0.3) is 11.2 Å². The van der Waals surface area contributed by atoms with E-state index in [1.54, 1.807) is 0 Å². The molecule has 0 unspecified atom stereocenters. The molecule has 1 saturated carbocycles. The van der Waals surface area contributed by atoms with Crippen LogP contribution in [0.2, 0.25) is 0 Å². The van der Waals surface area contributed by atoms with E-state index in [9.17, 15) is 0 Å². The standard InChI is InChI=1S/C13H16ClN3/c14-8-12-16-11-6-3-7-15-13(11)17(12)9-10-4-1-2-5-10/h3,6-7,10H,1-2,4-5,8-9H2. The molecule has 0 N–H and O–H groups in total. The Morgan fingerprint density at radius 1 is 1.35 bits per heavy atom. The summed E-state index contributed by atoms with van der Waals surface area (Å²) in [5.41, 5.74) is 1.94. The molecule has 0 radical (unpaired) electrons. The number of halogens is 1. The van der Waals surface area contributed by atoms with Crippen molar-refractivity contribution >= 4 is 22.8 Å². The van der Waals surface area contributed by atoms with Crippen molar-refractivity contribution in [2.24, 2.45) is 5.92 Å². The van der Waals surface area contributed by atoms with Crippen molar-refractivity contribution in [3.63, 3.8) is 0 Å². The molecule has 4 heteroatoms. The molecule has 17 heavy (non-hydrogen) atoms. The van der Waals surface area contributed by atoms with Gasteiger partial charge in [0.05, 0.1) is 5.88 Å². The van der Waals surface area contributed by atoms with Crippen LogP contribution in [0.3, 0.4) is 0 Å². The van der Waals surface area contributed by atoms with Gasteiger partial charge in [-0.2, -0.15) is 0 Å². The van der Waals surface area contributed by atoms with Crippen LogP contribution in [-0.4, -0.2) is 14.5 Å². The average molecular weight is 250 g/mol. The number of alkyl halides is 1. The molecule has 1 fully saturated rings. The minimum Gasteiger partial charge on any atom is -0.311 e. The van der Waals surface area contributed by atoms with Crippen molar-refractivity contribution in [2.75, 3.05) is 0 Å². The van der Waals surface area contributed by atoms with Crippen LogP contribution in [0, 0.1) is 5.92 Å². The number of hydrogen-bond acceptors (Lipinski definition) is 2. The maximum atomic E-state index is 5.98. The maximum Gasteiger partial charge on any atom is 0.160 e. The van der Waals surface area contributed by atoms with Gasteiger partial charge < -0.3 is 4.57 Å². The monoisotopic (exact) mass is 249 g/mol. The molecule has 2 heterocycles. The molecule has 90 valence electrons. The molecule has 3 rings (SSSR count). The molecular formula is C13H16ClN3. The van der Waals surface area contributed by atoms with Gasteiger partial charge >= 0.3 is 0 Å². The van der Waals surface area contributed by atoms with Crippen molar-refractivity contribution in [3.8, 4) is 0 Å². The van der Waals surface area contributed by atoms with Gasteiger partial charge in [-0.15, -0.1) is 11.6 Å². The van der Waals surface area contributed by atoms with Crippen molar-refractivity contribution in [1.82, 2.24) is 14.5 Å². The minimum absolute atomic E-state index is 0.461. The predicted molar refractivity (Wildman–Crippen MR) is 69.0 cm³/mol. The van der Waals surface area contributed by atoms with Crippen LogP contribution >= 0.6 is 11.6 Å². The second kappa shape index (κ2) is 4.65. The second-order valence-electron chi connectivity index (χ2n) is 4.77. The first-order valence-electron chi connectivity index (χ1n) is 6.24. The Hall–Kier alpha value is -1.09. The van der Waals surface area contributed by atoms with Crippen LogP contribution < -0.4 is 0 Å². The molecule has 0 bridgehead atoms. The van der Waals surface area contributed by atoms with E-state index >= 15 is 0 Å². The summed E-state index contributed by atoms with van der Waals surface area (Å²) in [6.07, 6.45) is 7.21. The summed E-state index contributed by atoms with van der Waals surface area (Å²) in [6.45, 7) is 1.02. The summed E-state index contributed by atoms with van der Waals surface area (Å²) in [5.74, 6) is 2.19. The first kappa shape index (κ1) is 11.0. The zero-order valence-electron chi connectivity index (χ0n) is 9.77. The summed E-state index contributed by atoms with van der Waals surface area (Å²) in [4.78, 5) is 8.98. The van der Waals surface area contributed by atoms with Crippen molar-refractivity contribution in [3.05, 3.63) is 24.2 Å². The van der Waals surface area contributed by atoms with Crippen LogP contribution in [0.1, 0.15) is 31.5 Å². The lowest BCUT2D eigenvalue weighted by Gasteiger charge is -2.12. The van der Waals surface area contributed by atoms with Crippen molar-refractivity contribution in [1.29, 1.82) is 0 Å². The molecule has 1 aliphatic carbocycles. The molecule has 1 aliphatic rings. The summed E-state index contributed by atoms with van der Waals surface area (Å²) in [7, 11) is 0. The van der Waals surface area contributed by atoms with E-state index in [-0.39, 0.29) is 0 Å². The number of rotatable bonds is 3. The molecule has 3 nitrogen and oxygen atoms in total. The molecule has 0 saturated heterocycles. The molecule has 0 aromatic carbocycles. The van der Waals surface area contributed by atoms with E-state index in [2.05, 4.69) is 14.5 Å². The topological polar surface area (TPSA) is 30.7 Å². The average Bonchev–Trinajstić information content (AvgIpc) is 2.98. The van der Waals surface area contributed by atoms with E-state index in [4.69, 9.17) is 11.6 Å². The zero-order valence-corrected chi connectivity index (χ0v) is 10.5. The fraction of sp³-hybridized carbons (Fsp3) is 0.538. The van der Waals surface area contributed by atoms with E-state index in [0.717, 1.165) is 29.5 Å². The lowest BCUT2D eigenvalue weighted by atomic mass is 10.1. The SMILES string of the molecule is ClCc1nc2cccnc2n1CC1CCCC1. The first-order valence-corrected chi connectivity index (χ1v) is 6.78. The van der Waals surface area contributed by atoms with Crippen molar-refractivity contribution < 1.29 is 0 Å². The van der Waals surface area contributed by atoms with Crippen LogP contribution in [0.4, 0.5) is 0 Å². The van der Waals surface area contributed by atoms with E-state index in [1.165, 1.54) is 25.7 Å². The fourth-order valence-electron chi connectivity index (χ4n) is 2.75. The van der Waals surface area contributed by atoms with Crippen LogP contribution in [-0.2, 0) is 12.4 Å². The molecule has 2 aromatic heterocycles. The largest absolute Gasteiger partial charge is 0.311 e. The first-order chi connectivity index (χ1) is 8.38. The molecule has 0 aliphatic heterocycles. The molecule has 0 amide bonds. The Morgan fingerprint density at radius 3 is 2.94 bits per heavy atom. The fourth-order valence-corrected chi connectivity index (χ4v) is 2.95. The second-order valence-corrected chi connectivity index (χ2v) is 5.04. The number of nitrogens with zero attached hydrogens (tertiary/aromatic N) is 3. The van der Waals surface area contributed by atoms with Gasteiger partial charge in [-0.3, -0.25) is 0 Å². The Morgan fingerprint density at radius 2 is 2.18 bits per heavy atom. The van der Waals surface area contributed by atoms with Crippen LogP contribution in [0.15, 0.2) is 18.3 Å².